The van der Waals surface area contributed by atoms with Crippen LogP contribution in [0.5, 0.6) is 5.75 Å². The number of carbonyl (C=O) groups is 1. The van der Waals surface area contributed by atoms with E-state index in [4.69, 9.17) is 9.84 Å². The van der Waals surface area contributed by atoms with E-state index in [1.54, 1.807) is 11.8 Å². The van der Waals surface area contributed by atoms with Crippen LogP contribution < -0.4 is 10.1 Å². The number of ether oxygens (including phenoxy) is 1. The number of benzene rings is 1. The Morgan fingerprint density at radius 2 is 1.78 bits per heavy atom. The minimum absolute atomic E-state index is 0.0432. The Morgan fingerprint density at radius 1 is 1.11 bits per heavy atom. The molecule has 27 heavy (non-hydrogen) atoms. The lowest BCUT2D eigenvalue weighted by Crippen LogP contribution is -2.14. The van der Waals surface area contributed by atoms with Gasteiger partial charge in [-0.1, -0.05) is 53.4 Å². The van der Waals surface area contributed by atoms with E-state index in [1.165, 1.54) is 19.3 Å². The third-order valence-electron chi connectivity index (χ3n) is 4.57. The SMILES string of the molecule is CCCCCCCC(=O)Nc1cc(C(C)(C)C)nn1-c1ccc(OC)cc1. The number of methoxy groups -OCH3 is 1. The maximum absolute atomic E-state index is 12.4. The second-order valence-corrected chi connectivity index (χ2v) is 7.99. The van der Waals surface area contributed by atoms with Gasteiger partial charge in [-0.2, -0.15) is 5.10 Å². The summed E-state index contributed by atoms with van der Waals surface area (Å²) < 4.78 is 7.03. The number of unbranched alkanes of at least 4 members (excludes halogenated alkanes) is 4. The van der Waals surface area contributed by atoms with Crippen LogP contribution in [0.1, 0.15) is 71.9 Å². The Bertz CT molecular complexity index is 727. The first-order chi connectivity index (χ1) is 12.8. The van der Waals surface area contributed by atoms with Gasteiger partial charge in [0.15, 0.2) is 0 Å². The molecule has 1 aromatic carbocycles. The molecule has 0 unspecified atom stereocenters. The second kappa shape index (κ2) is 9.58. The van der Waals surface area contributed by atoms with Crippen molar-refractivity contribution in [1.29, 1.82) is 0 Å². The summed E-state index contributed by atoms with van der Waals surface area (Å²) in [5.74, 6) is 1.55. The van der Waals surface area contributed by atoms with Gasteiger partial charge in [-0.05, 0) is 30.7 Å². The van der Waals surface area contributed by atoms with E-state index < -0.39 is 0 Å². The monoisotopic (exact) mass is 371 g/mol. The first kappa shape index (κ1) is 21.0. The lowest BCUT2D eigenvalue weighted by atomic mass is 9.92. The minimum Gasteiger partial charge on any atom is -0.497 e. The molecule has 0 spiro atoms. The van der Waals surface area contributed by atoms with Crippen molar-refractivity contribution in [3.63, 3.8) is 0 Å². The molecule has 1 N–H and O–H groups in total. The van der Waals surface area contributed by atoms with Crippen LogP contribution in [0.3, 0.4) is 0 Å². The third-order valence-corrected chi connectivity index (χ3v) is 4.57. The molecule has 1 aromatic heterocycles. The minimum atomic E-state index is -0.0999. The molecule has 0 saturated carbocycles. The van der Waals surface area contributed by atoms with Crippen LogP contribution in [-0.2, 0) is 10.2 Å². The van der Waals surface area contributed by atoms with E-state index >= 15 is 0 Å². The Morgan fingerprint density at radius 3 is 2.37 bits per heavy atom. The van der Waals surface area contributed by atoms with Crippen molar-refractivity contribution < 1.29 is 9.53 Å². The second-order valence-electron chi connectivity index (χ2n) is 7.99. The van der Waals surface area contributed by atoms with E-state index in [1.807, 2.05) is 30.3 Å². The van der Waals surface area contributed by atoms with Crippen LogP contribution in [0.15, 0.2) is 30.3 Å². The summed E-state index contributed by atoms with van der Waals surface area (Å²) in [5, 5.41) is 7.79. The van der Waals surface area contributed by atoms with Crippen molar-refractivity contribution >= 4 is 11.7 Å². The van der Waals surface area contributed by atoms with Gasteiger partial charge in [0.1, 0.15) is 11.6 Å². The fourth-order valence-electron chi connectivity index (χ4n) is 2.85. The largest absolute Gasteiger partial charge is 0.497 e. The molecule has 0 fully saturated rings. The highest BCUT2D eigenvalue weighted by atomic mass is 16.5. The number of aromatic nitrogens is 2. The molecule has 2 rings (SSSR count). The van der Waals surface area contributed by atoms with E-state index in [0.717, 1.165) is 30.0 Å². The summed E-state index contributed by atoms with van der Waals surface area (Å²) in [7, 11) is 1.65. The zero-order chi connectivity index (χ0) is 19.9. The number of hydrogen-bond donors (Lipinski definition) is 1. The first-order valence-corrected chi connectivity index (χ1v) is 9.90. The van der Waals surface area contributed by atoms with Crippen LogP contribution in [0.25, 0.3) is 5.69 Å². The maximum atomic E-state index is 12.4. The summed E-state index contributed by atoms with van der Waals surface area (Å²) in [5.41, 5.74) is 1.73. The normalized spacial score (nSPS) is 11.4. The topological polar surface area (TPSA) is 56.2 Å². The van der Waals surface area contributed by atoms with Crippen LogP contribution >= 0.6 is 0 Å². The summed E-state index contributed by atoms with van der Waals surface area (Å²) in [4.78, 5) is 12.4. The Labute approximate surface area is 163 Å². The van der Waals surface area contributed by atoms with Crippen LogP contribution in [0, 0.1) is 0 Å². The molecule has 0 radical (unpaired) electrons. The van der Waals surface area contributed by atoms with Crippen LogP contribution in [0.4, 0.5) is 5.82 Å². The molecular weight excluding hydrogens is 338 g/mol. The van der Waals surface area contributed by atoms with Gasteiger partial charge in [-0.25, -0.2) is 4.68 Å². The van der Waals surface area contributed by atoms with E-state index in [2.05, 4.69) is 33.0 Å². The smallest absolute Gasteiger partial charge is 0.225 e. The fraction of sp³-hybridized carbons (Fsp3) is 0.545. The Kier molecular flexibility index (Phi) is 7.45. The Balaban J connectivity index is 2.15. The number of carbonyl (C=O) groups excluding carboxylic acids is 1. The summed E-state index contributed by atoms with van der Waals surface area (Å²) in [6.45, 7) is 8.55. The molecule has 0 atom stereocenters. The van der Waals surface area contributed by atoms with Gasteiger partial charge in [0.05, 0.1) is 18.5 Å². The van der Waals surface area contributed by atoms with Crippen LogP contribution in [0.2, 0.25) is 0 Å². The van der Waals surface area contributed by atoms with Gasteiger partial charge in [0.25, 0.3) is 0 Å². The lowest BCUT2D eigenvalue weighted by molar-refractivity contribution is -0.116. The molecule has 1 heterocycles. The van der Waals surface area contributed by atoms with E-state index in [0.29, 0.717) is 12.2 Å². The Hall–Kier alpha value is -2.30. The van der Waals surface area contributed by atoms with Gasteiger partial charge < -0.3 is 10.1 Å². The molecule has 0 aliphatic rings. The van der Waals surface area contributed by atoms with Crippen molar-refractivity contribution in [2.45, 2.75) is 71.6 Å². The molecule has 0 saturated heterocycles. The number of anilines is 1. The molecule has 0 aliphatic heterocycles. The highest BCUT2D eigenvalue weighted by molar-refractivity contribution is 5.90. The van der Waals surface area contributed by atoms with Crippen LogP contribution in [-0.4, -0.2) is 22.8 Å². The molecular formula is C22H33N3O2. The predicted molar refractivity (Wildman–Crippen MR) is 111 cm³/mol. The molecule has 5 nitrogen and oxygen atoms in total. The molecule has 0 bridgehead atoms. The molecule has 1 amide bonds. The summed E-state index contributed by atoms with van der Waals surface area (Å²) >= 11 is 0. The molecule has 2 aromatic rings. The van der Waals surface area contributed by atoms with E-state index in [-0.39, 0.29) is 11.3 Å². The van der Waals surface area contributed by atoms with Crippen molar-refractivity contribution in [3.8, 4) is 11.4 Å². The number of nitrogens with one attached hydrogen (secondary N) is 1. The van der Waals surface area contributed by atoms with Gasteiger partial charge in [0, 0.05) is 17.9 Å². The van der Waals surface area contributed by atoms with Gasteiger partial charge in [-0.3, -0.25) is 4.79 Å². The summed E-state index contributed by atoms with van der Waals surface area (Å²) in [6.07, 6.45) is 6.22. The van der Waals surface area contributed by atoms with Gasteiger partial charge in [0.2, 0.25) is 5.91 Å². The third kappa shape index (κ3) is 6.12. The van der Waals surface area contributed by atoms with Crippen molar-refractivity contribution in [2.75, 3.05) is 12.4 Å². The molecule has 5 heteroatoms. The zero-order valence-corrected chi connectivity index (χ0v) is 17.3. The van der Waals surface area contributed by atoms with Crippen molar-refractivity contribution in [2.24, 2.45) is 0 Å². The maximum Gasteiger partial charge on any atom is 0.225 e. The fourth-order valence-corrected chi connectivity index (χ4v) is 2.85. The lowest BCUT2D eigenvalue weighted by Gasteiger charge is -2.14. The average molecular weight is 372 g/mol. The quantitative estimate of drug-likeness (QED) is 0.594. The number of hydrogen-bond acceptors (Lipinski definition) is 3. The molecule has 0 aliphatic carbocycles. The van der Waals surface area contributed by atoms with Crippen molar-refractivity contribution in [3.05, 3.63) is 36.0 Å². The highest BCUT2D eigenvalue weighted by Crippen LogP contribution is 2.27. The van der Waals surface area contributed by atoms with E-state index in [9.17, 15) is 4.79 Å². The number of amides is 1. The number of rotatable bonds is 9. The van der Waals surface area contributed by atoms with Crippen molar-refractivity contribution in [1.82, 2.24) is 9.78 Å². The molecule has 148 valence electrons. The standard InChI is InChI=1S/C22H33N3O2/c1-6-7-8-9-10-11-21(26)23-20-16-19(22(2,3)4)24-25(20)17-12-14-18(27-5)15-13-17/h12-16H,6-11H2,1-5H3,(H,23,26). The van der Waals surface area contributed by atoms with Gasteiger partial charge >= 0.3 is 0 Å². The summed E-state index contributed by atoms with van der Waals surface area (Å²) in [6, 6.07) is 9.65. The zero-order valence-electron chi connectivity index (χ0n) is 17.3. The predicted octanol–water partition coefficient (Wildman–Crippen LogP) is 5.48. The first-order valence-electron chi connectivity index (χ1n) is 9.90. The highest BCUT2D eigenvalue weighted by Gasteiger charge is 2.21. The van der Waals surface area contributed by atoms with Gasteiger partial charge in [-0.15, -0.1) is 0 Å². The number of nitrogens with zero attached hydrogens (tertiary/aromatic N) is 2. The average Bonchev–Trinajstić information content (AvgIpc) is 3.05.